The van der Waals surface area contributed by atoms with Crippen LogP contribution in [0.4, 0.5) is 0 Å². The highest BCUT2D eigenvalue weighted by molar-refractivity contribution is 7.98. The molecule has 6 rings (SSSR count). The van der Waals surface area contributed by atoms with Crippen LogP contribution >= 0.6 is 11.8 Å². The Kier molecular flexibility index (Phi) is 7.59. The van der Waals surface area contributed by atoms with Crippen molar-refractivity contribution in [1.82, 2.24) is 15.4 Å². The molecule has 202 valence electrons. The lowest BCUT2D eigenvalue weighted by Gasteiger charge is -2.08. The van der Waals surface area contributed by atoms with Gasteiger partial charge in [-0.25, -0.2) is 15.4 Å². The van der Waals surface area contributed by atoms with Crippen LogP contribution in [0.15, 0.2) is 122 Å². The number of nitrogens with zero attached hydrogens (tertiary/aromatic N) is 3. The van der Waals surface area contributed by atoms with Crippen LogP contribution in [-0.4, -0.2) is 29.2 Å². The molecule has 8 nitrogen and oxygen atoms in total. The highest BCUT2D eigenvalue weighted by Gasteiger charge is 2.17. The molecule has 0 bridgehead atoms. The van der Waals surface area contributed by atoms with Crippen molar-refractivity contribution in [2.45, 2.75) is 11.0 Å². The predicted molar refractivity (Wildman–Crippen MR) is 159 cm³/mol. The number of oxazole rings is 2. The summed E-state index contributed by atoms with van der Waals surface area (Å²) in [5.74, 6) is 1.92. The van der Waals surface area contributed by atoms with Gasteiger partial charge in [-0.1, -0.05) is 66.4 Å². The number of nitrogens with one attached hydrogen (secondary N) is 1. The number of para-hydroxylation sites is 2. The van der Waals surface area contributed by atoms with E-state index in [1.807, 2.05) is 78.9 Å². The third-order valence-electron chi connectivity index (χ3n) is 6.28. The van der Waals surface area contributed by atoms with Gasteiger partial charge in [-0.05, 0) is 48.0 Å². The van der Waals surface area contributed by atoms with Gasteiger partial charge in [0.05, 0.1) is 25.1 Å². The number of rotatable bonds is 9. The first-order valence-corrected chi connectivity index (χ1v) is 13.8. The molecule has 1 amide bonds. The number of aromatic nitrogens is 2. The van der Waals surface area contributed by atoms with Gasteiger partial charge < -0.3 is 13.6 Å². The van der Waals surface area contributed by atoms with Gasteiger partial charge in [0.1, 0.15) is 11.3 Å². The Balaban J connectivity index is 1.15. The smallest absolute Gasteiger partial charge is 0.272 e. The molecule has 0 aliphatic rings. The Morgan fingerprint density at radius 2 is 1.78 bits per heavy atom. The minimum atomic E-state index is -0.378. The second kappa shape index (κ2) is 11.9. The number of hydrogen-bond acceptors (Lipinski definition) is 8. The molecule has 0 fully saturated rings. The third kappa shape index (κ3) is 5.90. The standard InChI is InChI=1S/C32H24N4O4S/c1-38-27-16-15-21(17-23(27)20-41-32-35-26-13-7-8-14-28(26)40-32)18-34-36-30(37)24-11-5-6-12-25(24)31-33-19-29(39-31)22-9-3-2-4-10-22/h2-19H,20H2,1H3,(H,36,37)/b34-18+. The molecular weight excluding hydrogens is 536 g/mol. The third-order valence-corrected chi connectivity index (χ3v) is 7.15. The summed E-state index contributed by atoms with van der Waals surface area (Å²) < 4.78 is 17.3. The number of ether oxygens (including phenoxy) is 1. The summed E-state index contributed by atoms with van der Waals surface area (Å²) in [5.41, 5.74) is 7.81. The van der Waals surface area contributed by atoms with Crippen LogP contribution in [0, 0.1) is 0 Å². The fourth-order valence-corrected chi connectivity index (χ4v) is 5.09. The van der Waals surface area contributed by atoms with Crippen molar-refractivity contribution in [3.05, 3.63) is 120 Å². The molecule has 0 saturated carbocycles. The summed E-state index contributed by atoms with van der Waals surface area (Å²) in [6.07, 6.45) is 3.24. The molecule has 1 N–H and O–H groups in total. The van der Waals surface area contributed by atoms with Crippen molar-refractivity contribution < 1.29 is 18.4 Å². The molecule has 2 aromatic heterocycles. The number of methoxy groups -OCH3 is 1. The molecule has 0 saturated heterocycles. The maximum atomic E-state index is 13.1. The van der Waals surface area contributed by atoms with Gasteiger partial charge in [-0.15, -0.1) is 0 Å². The van der Waals surface area contributed by atoms with E-state index in [0.717, 1.165) is 33.5 Å². The van der Waals surface area contributed by atoms with E-state index in [-0.39, 0.29) is 5.91 Å². The summed E-state index contributed by atoms with van der Waals surface area (Å²) >= 11 is 1.48. The van der Waals surface area contributed by atoms with E-state index >= 15 is 0 Å². The van der Waals surface area contributed by atoms with Gasteiger partial charge in [0, 0.05) is 22.4 Å². The average Bonchev–Trinajstić information content (AvgIpc) is 3.68. The predicted octanol–water partition coefficient (Wildman–Crippen LogP) is 7.21. The zero-order valence-corrected chi connectivity index (χ0v) is 22.8. The first-order valence-electron chi connectivity index (χ1n) is 12.8. The van der Waals surface area contributed by atoms with E-state index in [0.29, 0.717) is 33.8 Å². The molecule has 6 aromatic rings. The Morgan fingerprint density at radius 3 is 2.63 bits per heavy atom. The van der Waals surface area contributed by atoms with Crippen LogP contribution in [0.25, 0.3) is 33.9 Å². The van der Waals surface area contributed by atoms with Crippen molar-refractivity contribution in [2.75, 3.05) is 7.11 Å². The Labute approximate surface area is 240 Å². The van der Waals surface area contributed by atoms with Crippen LogP contribution in [0.1, 0.15) is 21.5 Å². The van der Waals surface area contributed by atoms with Gasteiger partial charge in [-0.2, -0.15) is 5.10 Å². The molecule has 9 heteroatoms. The highest BCUT2D eigenvalue weighted by atomic mass is 32.2. The van der Waals surface area contributed by atoms with Gasteiger partial charge in [0.2, 0.25) is 5.89 Å². The minimum absolute atomic E-state index is 0.356. The first kappa shape index (κ1) is 26.1. The zero-order chi connectivity index (χ0) is 28.0. The van der Waals surface area contributed by atoms with Crippen molar-refractivity contribution in [1.29, 1.82) is 0 Å². The van der Waals surface area contributed by atoms with Crippen molar-refractivity contribution in [3.63, 3.8) is 0 Å². The number of carbonyl (C=O) groups is 1. The zero-order valence-electron chi connectivity index (χ0n) is 22.0. The van der Waals surface area contributed by atoms with E-state index in [1.165, 1.54) is 11.8 Å². The van der Waals surface area contributed by atoms with E-state index in [1.54, 1.807) is 37.7 Å². The van der Waals surface area contributed by atoms with Gasteiger partial charge in [-0.3, -0.25) is 4.79 Å². The maximum absolute atomic E-state index is 13.1. The lowest BCUT2D eigenvalue weighted by atomic mass is 10.1. The summed E-state index contributed by atoms with van der Waals surface area (Å²) in [4.78, 5) is 22.0. The van der Waals surface area contributed by atoms with E-state index in [4.69, 9.17) is 13.6 Å². The molecule has 0 radical (unpaired) electrons. The fourth-order valence-electron chi connectivity index (χ4n) is 4.27. The lowest BCUT2D eigenvalue weighted by molar-refractivity contribution is 0.0955. The maximum Gasteiger partial charge on any atom is 0.272 e. The van der Waals surface area contributed by atoms with Crippen LogP contribution in [0.3, 0.4) is 0 Å². The van der Waals surface area contributed by atoms with Crippen LogP contribution in [0.2, 0.25) is 0 Å². The number of thioether (sulfide) groups is 1. The van der Waals surface area contributed by atoms with Crippen LogP contribution in [-0.2, 0) is 5.75 Å². The molecule has 0 spiro atoms. The number of amides is 1. The van der Waals surface area contributed by atoms with Crippen LogP contribution in [0.5, 0.6) is 5.75 Å². The van der Waals surface area contributed by atoms with E-state index in [2.05, 4.69) is 20.5 Å². The molecule has 4 aromatic carbocycles. The largest absolute Gasteiger partial charge is 0.496 e. The Morgan fingerprint density at radius 1 is 0.976 bits per heavy atom. The summed E-state index contributed by atoms with van der Waals surface area (Å²) in [7, 11) is 1.63. The quantitative estimate of drug-likeness (QED) is 0.113. The van der Waals surface area contributed by atoms with E-state index < -0.39 is 0 Å². The minimum Gasteiger partial charge on any atom is -0.496 e. The van der Waals surface area contributed by atoms with Crippen LogP contribution < -0.4 is 10.2 Å². The summed E-state index contributed by atoms with van der Waals surface area (Å²) in [6, 6.07) is 30.2. The topological polar surface area (TPSA) is 103 Å². The van der Waals surface area contributed by atoms with Crippen molar-refractivity contribution in [3.8, 4) is 28.5 Å². The monoisotopic (exact) mass is 560 g/mol. The first-order chi connectivity index (χ1) is 20.2. The number of benzene rings is 4. The number of carbonyl (C=O) groups excluding carboxylic acids is 1. The van der Waals surface area contributed by atoms with Gasteiger partial charge >= 0.3 is 0 Å². The van der Waals surface area contributed by atoms with Crippen molar-refractivity contribution >= 4 is 35.0 Å². The number of hydrogen-bond donors (Lipinski definition) is 1. The molecule has 0 unspecified atom stereocenters. The molecule has 41 heavy (non-hydrogen) atoms. The normalized spacial score (nSPS) is 11.2. The van der Waals surface area contributed by atoms with E-state index in [9.17, 15) is 4.79 Å². The Bertz CT molecular complexity index is 1810. The molecule has 0 aliphatic heterocycles. The summed E-state index contributed by atoms with van der Waals surface area (Å²) in [6.45, 7) is 0. The molecule has 0 aliphatic carbocycles. The Hall–Kier alpha value is -5.15. The second-order valence-electron chi connectivity index (χ2n) is 8.95. The lowest BCUT2D eigenvalue weighted by Crippen LogP contribution is -2.18. The number of fused-ring (bicyclic) bond motifs is 1. The number of hydrazone groups is 1. The molecular formula is C32H24N4O4S. The van der Waals surface area contributed by atoms with Gasteiger partial charge in [0.25, 0.3) is 11.1 Å². The highest BCUT2D eigenvalue weighted by Crippen LogP contribution is 2.31. The molecule has 2 heterocycles. The average molecular weight is 561 g/mol. The van der Waals surface area contributed by atoms with Crippen molar-refractivity contribution in [2.24, 2.45) is 5.10 Å². The second-order valence-corrected chi connectivity index (χ2v) is 9.87. The van der Waals surface area contributed by atoms with Gasteiger partial charge in [0.15, 0.2) is 11.3 Å². The SMILES string of the molecule is COc1ccc(/C=N/NC(=O)c2ccccc2-c2ncc(-c3ccccc3)o2)cc1CSc1nc2ccccc2o1. The summed E-state index contributed by atoms with van der Waals surface area (Å²) in [5, 5.41) is 4.78. The molecule has 0 atom stereocenters. The fraction of sp³-hybridized carbons (Fsp3) is 0.0625.